The summed E-state index contributed by atoms with van der Waals surface area (Å²) in [5.74, 6) is 0.146. The van der Waals surface area contributed by atoms with Crippen LogP contribution in [0.2, 0.25) is 0 Å². The van der Waals surface area contributed by atoms with Crippen molar-refractivity contribution in [1.82, 2.24) is 4.90 Å². The number of hydrogen-bond acceptors (Lipinski definition) is 2. The van der Waals surface area contributed by atoms with Crippen molar-refractivity contribution in [3.63, 3.8) is 0 Å². The molecule has 0 spiro atoms. The Labute approximate surface area is 165 Å². The highest BCUT2D eigenvalue weighted by Crippen LogP contribution is 2.23. The Bertz CT molecular complexity index is 971. The largest absolute Gasteiger partial charge is 0.342 e. The molecule has 4 nitrogen and oxygen atoms in total. The highest BCUT2D eigenvalue weighted by atomic mass is 16.2. The third-order valence-electron chi connectivity index (χ3n) is 5.48. The number of carbonyl (C=O) groups excluding carboxylic acids is 2. The molecule has 1 N–H and O–H groups in total. The molecule has 4 rings (SSSR count). The summed E-state index contributed by atoms with van der Waals surface area (Å²) >= 11 is 0. The molecule has 3 aromatic carbocycles. The Morgan fingerprint density at radius 1 is 0.857 bits per heavy atom. The van der Waals surface area contributed by atoms with E-state index in [0.717, 1.165) is 22.0 Å². The van der Waals surface area contributed by atoms with E-state index in [9.17, 15) is 9.59 Å². The van der Waals surface area contributed by atoms with Crippen molar-refractivity contribution in [1.29, 1.82) is 0 Å². The first-order valence-corrected chi connectivity index (χ1v) is 9.81. The quantitative estimate of drug-likeness (QED) is 0.744. The molecule has 1 fully saturated rings. The van der Waals surface area contributed by atoms with Gasteiger partial charge in [0.15, 0.2) is 0 Å². The number of amides is 2. The maximum absolute atomic E-state index is 12.8. The number of carbonyl (C=O) groups is 2. The van der Waals surface area contributed by atoms with Crippen LogP contribution in [-0.4, -0.2) is 29.8 Å². The molecule has 4 heteroatoms. The molecule has 0 aromatic heterocycles. The Morgan fingerprint density at radius 3 is 2.32 bits per heavy atom. The van der Waals surface area contributed by atoms with Crippen LogP contribution in [-0.2, 0) is 16.0 Å². The van der Waals surface area contributed by atoms with Gasteiger partial charge in [-0.25, -0.2) is 0 Å². The number of hydrogen-bond donors (Lipinski definition) is 1. The van der Waals surface area contributed by atoms with Crippen molar-refractivity contribution >= 4 is 28.3 Å². The van der Waals surface area contributed by atoms with Crippen LogP contribution in [0.25, 0.3) is 10.8 Å². The molecule has 1 aliphatic rings. The van der Waals surface area contributed by atoms with Crippen LogP contribution in [0.5, 0.6) is 0 Å². The zero-order valence-corrected chi connectivity index (χ0v) is 15.8. The summed E-state index contributed by atoms with van der Waals surface area (Å²) in [5, 5.41) is 5.26. The van der Waals surface area contributed by atoms with Gasteiger partial charge in [-0.1, -0.05) is 60.7 Å². The predicted octanol–water partition coefficient (Wildman–Crippen LogP) is 4.26. The van der Waals surface area contributed by atoms with Gasteiger partial charge in [0, 0.05) is 24.7 Å². The summed E-state index contributed by atoms with van der Waals surface area (Å²) in [7, 11) is 0. The van der Waals surface area contributed by atoms with Crippen LogP contribution in [0.1, 0.15) is 18.4 Å². The standard InChI is InChI=1S/C24H24N2O2/c27-23(17-20-9-6-8-18-7-4-5-12-22(18)20)26-15-13-19(14-16-26)24(28)25-21-10-2-1-3-11-21/h1-12,19H,13-17H2,(H,25,28). The van der Waals surface area contributed by atoms with Crippen molar-refractivity contribution in [3.05, 3.63) is 78.4 Å². The monoisotopic (exact) mass is 372 g/mol. The van der Waals surface area contributed by atoms with Crippen LogP contribution >= 0.6 is 0 Å². The van der Waals surface area contributed by atoms with E-state index in [1.54, 1.807) is 0 Å². The van der Waals surface area contributed by atoms with Crippen LogP contribution in [0.3, 0.4) is 0 Å². The van der Waals surface area contributed by atoms with Gasteiger partial charge < -0.3 is 10.2 Å². The van der Waals surface area contributed by atoms with E-state index in [1.165, 1.54) is 0 Å². The van der Waals surface area contributed by atoms with E-state index in [4.69, 9.17) is 0 Å². The fourth-order valence-electron chi connectivity index (χ4n) is 3.88. The second-order valence-electron chi connectivity index (χ2n) is 7.33. The zero-order valence-electron chi connectivity index (χ0n) is 15.8. The smallest absolute Gasteiger partial charge is 0.227 e. The Balaban J connectivity index is 1.34. The van der Waals surface area contributed by atoms with E-state index < -0.39 is 0 Å². The Kier molecular flexibility index (Phi) is 5.38. The fourth-order valence-corrected chi connectivity index (χ4v) is 3.88. The second-order valence-corrected chi connectivity index (χ2v) is 7.33. The summed E-state index contributed by atoms with van der Waals surface area (Å²) < 4.78 is 0. The lowest BCUT2D eigenvalue weighted by molar-refractivity contribution is -0.133. The summed E-state index contributed by atoms with van der Waals surface area (Å²) in [5.41, 5.74) is 1.88. The number of anilines is 1. The van der Waals surface area contributed by atoms with Crippen molar-refractivity contribution in [2.24, 2.45) is 5.92 Å². The molecule has 0 unspecified atom stereocenters. The molecule has 1 heterocycles. The first kappa shape index (κ1) is 18.2. The van der Waals surface area contributed by atoms with Gasteiger partial charge in [0.1, 0.15) is 0 Å². The third-order valence-corrected chi connectivity index (χ3v) is 5.48. The SMILES string of the molecule is O=C(Nc1ccccc1)C1CCN(C(=O)Cc2cccc3ccccc23)CC1. The highest BCUT2D eigenvalue weighted by Gasteiger charge is 2.27. The molecular formula is C24H24N2O2. The summed E-state index contributed by atoms with van der Waals surface area (Å²) in [6.45, 7) is 1.27. The fraction of sp³-hybridized carbons (Fsp3) is 0.250. The van der Waals surface area contributed by atoms with Gasteiger partial charge in [-0.15, -0.1) is 0 Å². The second kappa shape index (κ2) is 8.26. The Morgan fingerprint density at radius 2 is 1.54 bits per heavy atom. The number of piperidine rings is 1. The molecule has 0 aliphatic carbocycles. The van der Waals surface area contributed by atoms with Crippen molar-refractivity contribution in [2.45, 2.75) is 19.3 Å². The molecule has 28 heavy (non-hydrogen) atoms. The lowest BCUT2D eigenvalue weighted by Gasteiger charge is -2.31. The number of nitrogens with zero attached hydrogens (tertiary/aromatic N) is 1. The lowest BCUT2D eigenvalue weighted by atomic mass is 9.95. The molecule has 0 radical (unpaired) electrons. The molecule has 0 saturated carbocycles. The number of likely N-dealkylation sites (tertiary alicyclic amines) is 1. The third kappa shape index (κ3) is 4.06. The minimum Gasteiger partial charge on any atom is -0.342 e. The van der Waals surface area contributed by atoms with Crippen molar-refractivity contribution < 1.29 is 9.59 Å². The number of rotatable bonds is 4. The number of fused-ring (bicyclic) bond motifs is 1. The lowest BCUT2D eigenvalue weighted by Crippen LogP contribution is -2.42. The van der Waals surface area contributed by atoms with Gasteiger partial charge >= 0.3 is 0 Å². The van der Waals surface area contributed by atoms with Gasteiger partial charge in [0.2, 0.25) is 11.8 Å². The van der Waals surface area contributed by atoms with Crippen LogP contribution in [0.4, 0.5) is 5.69 Å². The molecule has 0 bridgehead atoms. The molecular weight excluding hydrogens is 348 g/mol. The molecule has 0 atom stereocenters. The highest BCUT2D eigenvalue weighted by molar-refractivity contribution is 5.93. The average Bonchev–Trinajstić information content (AvgIpc) is 2.75. The maximum Gasteiger partial charge on any atom is 0.227 e. The van der Waals surface area contributed by atoms with E-state index in [1.807, 2.05) is 59.5 Å². The summed E-state index contributed by atoms with van der Waals surface area (Å²) in [6.07, 6.45) is 1.82. The maximum atomic E-state index is 12.8. The molecule has 142 valence electrons. The number of nitrogens with one attached hydrogen (secondary N) is 1. The van der Waals surface area contributed by atoms with Crippen LogP contribution in [0, 0.1) is 5.92 Å². The van der Waals surface area contributed by atoms with Gasteiger partial charge in [-0.05, 0) is 41.3 Å². The predicted molar refractivity (Wildman–Crippen MR) is 112 cm³/mol. The molecule has 1 saturated heterocycles. The van der Waals surface area contributed by atoms with Gasteiger partial charge in [-0.2, -0.15) is 0 Å². The minimum atomic E-state index is -0.0400. The van der Waals surface area contributed by atoms with Crippen LogP contribution < -0.4 is 5.32 Å². The van der Waals surface area contributed by atoms with Gasteiger partial charge in [0.05, 0.1) is 6.42 Å². The average molecular weight is 372 g/mol. The van der Waals surface area contributed by atoms with Gasteiger partial charge in [-0.3, -0.25) is 9.59 Å². The summed E-state index contributed by atoms with van der Waals surface area (Å²) in [6, 6.07) is 23.8. The van der Waals surface area contributed by atoms with E-state index in [0.29, 0.717) is 32.4 Å². The molecule has 3 aromatic rings. The van der Waals surface area contributed by atoms with E-state index >= 15 is 0 Å². The van der Waals surface area contributed by atoms with Gasteiger partial charge in [0.25, 0.3) is 0 Å². The topological polar surface area (TPSA) is 49.4 Å². The minimum absolute atomic E-state index is 0.0400. The number of benzene rings is 3. The Hall–Kier alpha value is -3.14. The zero-order chi connectivity index (χ0) is 19.3. The first-order chi connectivity index (χ1) is 13.7. The summed E-state index contributed by atoms with van der Waals surface area (Å²) in [4.78, 5) is 27.2. The van der Waals surface area contributed by atoms with E-state index in [-0.39, 0.29) is 17.7 Å². The number of para-hydroxylation sites is 1. The van der Waals surface area contributed by atoms with Crippen molar-refractivity contribution in [2.75, 3.05) is 18.4 Å². The normalized spacial score (nSPS) is 14.8. The van der Waals surface area contributed by atoms with Crippen molar-refractivity contribution in [3.8, 4) is 0 Å². The first-order valence-electron chi connectivity index (χ1n) is 9.81. The van der Waals surface area contributed by atoms with Crippen LogP contribution in [0.15, 0.2) is 72.8 Å². The van der Waals surface area contributed by atoms with E-state index in [2.05, 4.69) is 23.5 Å². The molecule has 2 amide bonds. The molecule has 1 aliphatic heterocycles.